The van der Waals surface area contributed by atoms with Crippen LogP contribution in [0.15, 0.2) is 36.9 Å². The Morgan fingerprint density at radius 1 is 1.08 bits per heavy atom. The summed E-state index contributed by atoms with van der Waals surface area (Å²) in [7, 11) is 0. The number of pyridine rings is 1. The highest BCUT2D eigenvalue weighted by Gasteiger charge is 2.16. The van der Waals surface area contributed by atoms with Gasteiger partial charge in [-0.25, -0.2) is 9.78 Å². The first kappa shape index (κ1) is 19.7. The van der Waals surface area contributed by atoms with Crippen LogP contribution in [0.4, 0.5) is 10.6 Å². The second-order valence-electron chi connectivity index (χ2n) is 6.37. The van der Waals surface area contributed by atoms with Crippen LogP contribution in [0.5, 0.6) is 0 Å². The minimum atomic E-state index is -0.549. The van der Waals surface area contributed by atoms with Crippen LogP contribution in [0.3, 0.4) is 0 Å². The Kier molecular flexibility index (Phi) is 7.43. The number of hydrogen-bond donors (Lipinski definition) is 1. The van der Waals surface area contributed by atoms with Gasteiger partial charge in [-0.3, -0.25) is 15.3 Å². The Hall–Kier alpha value is -2.58. The summed E-state index contributed by atoms with van der Waals surface area (Å²) in [4.78, 5) is 23.9. The molecule has 0 bridgehead atoms. The largest absolute Gasteiger partial charge is 0.444 e. The van der Waals surface area contributed by atoms with E-state index in [2.05, 4.69) is 20.3 Å². The number of aromatic nitrogens is 3. The molecule has 3 heterocycles. The fraction of sp³-hybridized carbons (Fsp3) is 0.444. The van der Waals surface area contributed by atoms with Gasteiger partial charge in [0.25, 0.3) is 0 Å². The summed E-state index contributed by atoms with van der Waals surface area (Å²) in [5.41, 5.74) is 0.980. The van der Waals surface area contributed by atoms with Crippen molar-refractivity contribution in [2.45, 2.75) is 26.4 Å². The minimum absolute atomic E-state index is 0.405. The van der Waals surface area contributed by atoms with Crippen molar-refractivity contribution in [1.82, 2.24) is 15.0 Å². The third kappa shape index (κ3) is 7.54. The molecule has 26 heavy (non-hydrogen) atoms. The Morgan fingerprint density at radius 3 is 2.31 bits per heavy atom. The quantitative estimate of drug-likeness (QED) is 0.879. The third-order valence-electron chi connectivity index (χ3n) is 2.99. The molecule has 1 aliphatic rings. The van der Waals surface area contributed by atoms with Gasteiger partial charge >= 0.3 is 6.09 Å². The molecule has 2 aromatic heterocycles. The molecular formula is C18H24N4O4. The number of anilines is 1. The number of nitrogens with one attached hydrogen (secondary N) is 1. The number of carbonyl (C=O) groups is 1. The molecule has 0 aliphatic carbocycles. The molecule has 1 fully saturated rings. The van der Waals surface area contributed by atoms with E-state index >= 15 is 0 Å². The standard InChI is InChI=1S/C14H16N4O2.C4H8O2/c1-14(2,3)20-13(19)18-12-8-10(4-5-17-12)11-9-15-6-7-16-11;1-2-6-4-3-5-1/h4-9H,1-3H3,(H,17,18,19);1-4H2. The molecular weight excluding hydrogens is 336 g/mol. The maximum atomic E-state index is 11.7. The van der Waals surface area contributed by atoms with E-state index in [0.717, 1.165) is 32.0 Å². The van der Waals surface area contributed by atoms with Gasteiger partial charge < -0.3 is 14.2 Å². The van der Waals surface area contributed by atoms with Crippen LogP contribution in [0.25, 0.3) is 11.3 Å². The normalized spacial score (nSPS) is 14.0. The second kappa shape index (κ2) is 9.79. The molecule has 8 nitrogen and oxygen atoms in total. The van der Waals surface area contributed by atoms with Crippen molar-refractivity contribution < 1.29 is 19.0 Å². The van der Waals surface area contributed by atoms with E-state index in [4.69, 9.17) is 14.2 Å². The summed E-state index contributed by atoms with van der Waals surface area (Å²) in [6.45, 7) is 8.52. The van der Waals surface area contributed by atoms with Crippen molar-refractivity contribution in [3.63, 3.8) is 0 Å². The van der Waals surface area contributed by atoms with E-state index in [1.807, 2.05) is 0 Å². The molecule has 0 spiro atoms. The van der Waals surface area contributed by atoms with Crippen LogP contribution in [0, 0.1) is 0 Å². The lowest BCUT2D eigenvalue weighted by Gasteiger charge is -2.19. The first-order chi connectivity index (χ1) is 12.4. The van der Waals surface area contributed by atoms with Gasteiger partial charge in [-0.15, -0.1) is 0 Å². The van der Waals surface area contributed by atoms with Crippen LogP contribution in [-0.4, -0.2) is 53.1 Å². The molecule has 0 unspecified atom stereocenters. The Balaban J connectivity index is 0.000000342. The molecule has 1 aliphatic heterocycles. The first-order valence-corrected chi connectivity index (χ1v) is 8.32. The van der Waals surface area contributed by atoms with Crippen molar-refractivity contribution >= 4 is 11.9 Å². The minimum Gasteiger partial charge on any atom is -0.444 e. The molecule has 1 amide bonds. The summed E-state index contributed by atoms with van der Waals surface area (Å²) in [5.74, 6) is 0.405. The molecule has 0 atom stereocenters. The van der Waals surface area contributed by atoms with Crippen molar-refractivity contribution in [3.8, 4) is 11.3 Å². The van der Waals surface area contributed by atoms with Crippen molar-refractivity contribution in [3.05, 3.63) is 36.9 Å². The number of hydrogen-bond acceptors (Lipinski definition) is 7. The molecule has 2 aromatic rings. The van der Waals surface area contributed by atoms with Gasteiger partial charge in [-0.05, 0) is 32.9 Å². The van der Waals surface area contributed by atoms with Gasteiger partial charge in [0.1, 0.15) is 11.4 Å². The number of amides is 1. The van der Waals surface area contributed by atoms with E-state index in [0.29, 0.717) is 11.5 Å². The van der Waals surface area contributed by atoms with Crippen LogP contribution in [0.2, 0.25) is 0 Å². The molecule has 0 radical (unpaired) electrons. The molecule has 0 saturated carbocycles. The predicted molar refractivity (Wildman–Crippen MR) is 96.8 cm³/mol. The fourth-order valence-corrected chi connectivity index (χ4v) is 1.95. The average Bonchev–Trinajstić information content (AvgIpc) is 2.63. The molecule has 1 N–H and O–H groups in total. The van der Waals surface area contributed by atoms with Crippen LogP contribution >= 0.6 is 0 Å². The monoisotopic (exact) mass is 360 g/mol. The number of rotatable bonds is 2. The topological polar surface area (TPSA) is 95.5 Å². The van der Waals surface area contributed by atoms with E-state index in [9.17, 15) is 4.79 Å². The van der Waals surface area contributed by atoms with Crippen LogP contribution in [0.1, 0.15) is 20.8 Å². The number of carbonyl (C=O) groups excluding carboxylic acids is 1. The van der Waals surface area contributed by atoms with E-state index in [-0.39, 0.29) is 0 Å². The summed E-state index contributed by atoms with van der Waals surface area (Å²) < 4.78 is 15.1. The summed E-state index contributed by atoms with van der Waals surface area (Å²) in [6, 6.07) is 3.51. The molecule has 1 saturated heterocycles. The van der Waals surface area contributed by atoms with Crippen molar-refractivity contribution in [2.75, 3.05) is 31.7 Å². The van der Waals surface area contributed by atoms with Gasteiger partial charge in [0.2, 0.25) is 0 Å². The molecule has 3 rings (SSSR count). The van der Waals surface area contributed by atoms with Gasteiger partial charge in [0.05, 0.1) is 38.3 Å². The maximum absolute atomic E-state index is 11.7. The van der Waals surface area contributed by atoms with Gasteiger partial charge in [-0.1, -0.05) is 0 Å². The molecule has 8 heteroatoms. The lowest BCUT2D eigenvalue weighted by Crippen LogP contribution is -2.27. The van der Waals surface area contributed by atoms with E-state index in [1.165, 1.54) is 0 Å². The zero-order valence-electron chi connectivity index (χ0n) is 15.3. The van der Waals surface area contributed by atoms with Gasteiger partial charge in [0, 0.05) is 24.2 Å². The number of nitrogens with zero attached hydrogens (tertiary/aromatic N) is 3. The third-order valence-corrected chi connectivity index (χ3v) is 2.99. The first-order valence-electron chi connectivity index (χ1n) is 8.32. The summed E-state index contributed by atoms with van der Waals surface area (Å²) >= 11 is 0. The van der Waals surface area contributed by atoms with Crippen LogP contribution < -0.4 is 5.32 Å². The highest BCUT2D eigenvalue weighted by molar-refractivity contribution is 5.84. The summed E-state index contributed by atoms with van der Waals surface area (Å²) in [5, 5.41) is 2.59. The van der Waals surface area contributed by atoms with Crippen molar-refractivity contribution in [2.24, 2.45) is 0 Å². The predicted octanol–water partition coefficient (Wildman–Crippen LogP) is 2.92. The highest BCUT2D eigenvalue weighted by atomic mass is 16.6. The lowest BCUT2D eigenvalue weighted by atomic mass is 10.2. The fourth-order valence-electron chi connectivity index (χ4n) is 1.95. The molecule has 140 valence electrons. The zero-order valence-corrected chi connectivity index (χ0v) is 15.3. The Labute approximate surface area is 152 Å². The van der Waals surface area contributed by atoms with Crippen molar-refractivity contribution in [1.29, 1.82) is 0 Å². The number of ether oxygens (including phenoxy) is 3. The Morgan fingerprint density at radius 2 is 1.77 bits per heavy atom. The smallest absolute Gasteiger partial charge is 0.413 e. The van der Waals surface area contributed by atoms with E-state index in [1.54, 1.807) is 57.7 Å². The van der Waals surface area contributed by atoms with E-state index < -0.39 is 11.7 Å². The zero-order chi connectivity index (χ0) is 18.8. The molecule has 0 aromatic carbocycles. The lowest BCUT2D eigenvalue weighted by molar-refractivity contribution is -0.0334. The summed E-state index contributed by atoms with van der Waals surface area (Å²) in [6.07, 6.45) is 5.91. The SMILES string of the molecule is C1COCCO1.CC(C)(C)OC(=O)Nc1cc(-c2cnccn2)ccn1. The Bertz CT molecular complexity index is 674. The highest BCUT2D eigenvalue weighted by Crippen LogP contribution is 2.18. The van der Waals surface area contributed by atoms with Gasteiger partial charge in [-0.2, -0.15) is 0 Å². The average molecular weight is 360 g/mol. The maximum Gasteiger partial charge on any atom is 0.413 e. The second-order valence-corrected chi connectivity index (χ2v) is 6.37. The van der Waals surface area contributed by atoms with Gasteiger partial charge in [0.15, 0.2) is 0 Å². The van der Waals surface area contributed by atoms with Crippen LogP contribution in [-0.2, 0) is 14.2 Å².